The first kappa shape index (κ1) is 21.5. The average molecular weight is 461 g/mol. The maximum Gasteiger partial charge on any atom is 0.407 e. The molecule has 2 amide bonds. The molecular weight excluding hydrogens is 438 g/mol. The van der Waals surface area contributed by atoms with E-state index in [2.05, 4.69) is 31.5 Å². The Hall–Kier alpha value is -1.80. The molecule has 148 valence electrons. The number of carbonyl (C=O) groups excluding carboxylic acids is 2. The summed E-state index contributed by atoms with van der Waals surface area (Å²) in [4.78, 5) is 27.7. The predicted octanol–water partition coefficient (Wildman–Crippen LogP) is 4.12. The second-order valence-electron chi connectivity index (χ2n) is 7.26. The summed E-state index contributed by atoms with van der Waals surface area (Å²) in [5, 5.41) is 5.85. The van der Waals surface area contributed by atoms with E-state index >= 15 is 0 Å². The quantitative estimate of drug-likeness (QED) is 0.655. The molecule has 9 heteroatoms. The third-order valence-electron chi connectivity index (χ3n) is 3.56. The Bertz CT molecular complexity index is 860. The van der Waals surface area contributed by atoms with Gasteiger partial charge in [-0.1, -0.05) is 11.6 Å². The number of amides is 2. The van der Waals surface area contributed by atoms with Crippen molar-refractivity contribution in [1.82, 2.24) is 15.6 Å². The van der Waals surface area contributed by atoms with Crippen molar-refractivity contribution in [3.63, 3.8) is 0 Å². The first-order valence-corrected chi connectivity index (χ1v) is 9.61. The monoisotopic (exact) mass is 459 g/mol. The fourth-order valence-electron chi connectivity index (χ4n) is 2.47. The Balaban J connectivity index is 2.25. The minimum atomic E-state index is -0.625. The summed E-state index contributed by atoms with van der Waals surface area (Å²) in [5.74, 6) is 0.397. The molecule has 0 spiro atoms. The van der Waals surface area contributed by atoms with Gasteiger partial charge in [0.2, 0.25) is 5.91 Å². The van der Waals surface area contributed by atoms with E-state index in [-0.39, 0.29) is 12.5 Å². The van der Waals surface area contributed by atoms with Crippen molar-refractivity contribution in [1.29, 1.82) is 0 Å². The normalized spacial score (nSPS) is 12.7. The number of aryl methyl sites for hydroxylation is 1. The summed E-state index contributed by atoms with van der Waals surface area (Å²) < 4.78 is 11.9. The molecule has 1 unspecified atom stereocenters. The average Bonchev–Trinajstić information content (AvgIpc) is 2.80. The van der Waals surface area contributed by atoms with Crippen LogP contribution in [0.2, 0.25) is 5.15 Å². The molecule has 0 aromatic carbocycles. The van der Waals surface area contributed by atoms with Crippen molar-refractivity contribution in [2.75, 3.05) is 6.54 Å². The lowest BCUT2D eigenvalue weighted by molar-refractivity contribution is -0.119. The Morgan fingerprint density at radius 2 is 2.07 bits per heavy atom. The molecule has 0 bridgehead atoms. The zero-order valence-corrected chi connectivity index (χ0v) is 18.2. The highest BCUT2D eigenvalue weighted by Gasteiger charge is 2.23. The van der Waals surface area contributed by atoms with Gasteiger partial charge in [-0.05, 0) is 55.3 Å². The Labute approximate surface area is 171 Å². The summed E-state index contributed by atoms with van der Waals surface area (Å²) in [6.45, 7) is 8.86. The SMILES string of the molecule is CC(=O)NCC(Cc1oc2c(C)cc(Cl)nc2c1Br)NC(=O)OC(C)(C)C. The van der Waals surface area contributed by atoms with E-state index in [9.17, 15) is 9.59 Å². The van der Waals surface area contributed by atoms with Crippen molar-refractivity contribution in [3.05, 3.63) is 27.0 Å². The minimum absolute atomic E-state index is 0.195. The van der Waals surface area contributed by atoms with Crippen LogP contribution >= 0.6 is 27.5 Å². The van der Waals surface area contributed by atoms with Crippen LogP contribution in [0.1, 0.15) is 39.0 Å². The number of ether oxygens (including phenoxy) is 1. The number of rotatable bonds is 5. The fraction of sp³-hybridized carbons (Fsp3) is 0.500. The molecule has 27 heavy (non-hydrogen) atoms. The van der Waals surface area contributed by atoms with Crippen LogP contribution in [0.4, 0.5) is 4.79 Å². The van der Waals surface area contributed by atoms with E-state index in [1.165, 1.54) is 6.92 Å². The lowest BCUT2D eigenvalue weighted by atomic mass is 10.1. The van der Waals surface area contributed by atoms with Gasteiger partial charge in [0.1, 0.15) is 22.0 Å². The van der Waals surface area contributed by atoms with Gasteiger partial charge in [-0.2, -0.15) is 0 Å². The van der Waals surface area contributed by atoms with Crippen molar-refractivity contribution < 1.29 is 18.7 Å². The largest absolute Gasteiger partial charge is 0.458 e. The third-order valence-corrected chi connectivity index (χ3v) is 4.57. The van der Waals surface area contributed by atoms with Gasteiger partial charge in [-0.25, -0.2) is 9.78 Å². The second kappa shape index (κ2) is 8.48. The summed E-state index contributed by atoms with van der Waals surface area (Å²) in [5.41, 5.74) is 1.47. The Kier molecular flexibility index (Phi) is 6.75. The van der Waals surface area contributed by atoms with E-state index in [4.69, 9.17) is 20.8 Å². The first-order valence-electron chi connectivity index (χ1n) is 8.44. The predicted molar refractivity (Wildman–Crippen MR) is 107 cm³/mol. The van der Waals surface area contributed by atoms with Crippen LogP contribution in [0.3, 0.4) is 0 Å². The standard InChI is InChI=1S/C18H23BrClN3O4/c1-9-6-13(20)23-15-14(19)12(26-16(9)15)7-11(8-21-10(2)24)22-17(25)27-18(3,4)5/h6,11H,7-8H2,1-5H3,(H,21,24)(H,22,25). The number of hydrogen-bond acceptors (Lipinski definition) is 5. The molecule has 0 saturated carbocycles. The number of halogens is 2. The molecule has 0 aliphatic carbocycles. The third kappa shape index (κ3) is 6.10. The van der Waals surface area contributed by atoms with Gasteiger partial charge in [0, 0.05) is 19.9 Å². The molecule has 2 rings (SSSR count). The highest BCUT2D eigenvalue weighted by molar-refractivity contribution is 9.10. The summed E-state index contributed by atoms with van der Waals surface area (Å²) in [6, 6.07) is 1.29. The van der Waals surface area contributed by atoms with Crippen molar-refractivity contribution >= 4 is 50.6 Å². The number of pyridine rings is 1. The smallest absolute Gasteiger partial charge is 0.407 e. The van der Waals surface area contributed by atoms with Crippen LogP contribution < -0.4 is 10.6 Å². The molecule has 0 fully saturated rings. The van der Waals surface area contributed by atoms with Crippen LogP contribution in [-0.4, -0.2) is 35.2 Å². The molecule has 0 saturated heterocycles. The van der Waals surface area contributed by atoms with Crippen molar-refractivity contribution in [3.8, 4) is 0 Å². The molecule has 2 N–H and O–H groups in total. The molecule has 2 aromatic heterocycles. The van der Waals surface area contributed by atoms with E-state index < -0.39 is 17.7 Å². The number of nitrogens with zero attached hydrogens (tertiary/aromatic N) is 1. The van der Waals surface area contributed by atoms with E-state index in [0.717, 1.165) is 5.56 Å². The first-order chi connectivity index (χ1) is 12.5. The number of nitrogens with one attached hydrogen (secondary N) is 2. The molecule has 0 aliphatic heterocycles. The van der Waals surface area contributed by atoms with Gasteiger partial charge in [0.25, 0.3) is 0 Å². The summed E-state index contributed by atoms with van der Waals surface area (Å²) in [6.07, 6.45) is -0.240. The number of aromatic nitrogens is 1. The van der Waals surface area contributed by atoms with Gasteiger partial charge in [0.05, 0.1) is 10.5 Å². The lowest BCUT2D eigenvalue weighted by Crippen LogP contribution is -2.46. The highest BCUT2D eigenvalue weighted by atomic mass is 79.9. The number of furan rings is 1. The number of carbonyl (C=O) groups is 2. The van der Waals surface area contributed by atoms with Crippen molar-refractivity contribution in [2.24, 2.45) is 0 Å². The highest BCUT2D eigenvalue weighted by Crippen LogP contribution is 2.33. The van der Waals surface area contributed by atoms with Gasteiger partial charge in [-0.3, -0.25) is 4.79 Å². The van der Waals surface area contributed by atoms with E-state index in [1.807, 2.05) is 6.92 Å². The maximum atomic E-state index is 12.1. The fourth-order valence-corrected chi connectivity index (χ4v) is 3.23. The molecule has 0 radical (unpaired) electrons. The molecule has 1 atom stereocenters. The van der Waals surface area contributed by atoms with Crippen LogP contribution in [0, 0.1) is 6.92 Å². The Morgan fingerprint density at radius 3 is 2.67 bits per heavy atom. The Morgan fingerprint density at radius 1 is 1.41 bits per heavy atom. The van der Waals surface area contributed by atoms with Gasteiger partial charge in [0.15, 0.2) is 5.58 Å². The summed E-state index contributed by atoms with van der Waals surface area (Å²) in [7, 11) is 0. The maximum absolute atomic E-state index is 12.1. The molecule has 0 aliphatic rings. The van der Waals surface area contributed by atoms with Crippen LogP contribution in [0.5, 0.6) is 0 Å². The molecular formula is C18H23BrClN3O4. The molecule has 7 nitrogen and oxygen atoms in total. The second-order valence-corrected chi connectivity index (χ2v) is 8.44. The topological polar surface area (TPSA) is 93.5 Å². The summed E-state index contributed by atoms with van der Waals surface area (Å²) >= 11 is 9.53. The van der Waals surface area contributed by atoms with Crippen LogP contribution in [0.15, 0.2) is 15.0 Å². The minimum Gasteiger partial charge on any atom is -0.458 e. The lowest BCUT2D eigenvalue weighted by Gasteiger charge is -2.23. The van der Waals surface area contributed by atoms with Gasteiger partial charge >= 0.3 is 6.09 Å². The van der Waals surface area contributed by atoms with Gasteiger partial charge < -0.3 is 19.8 Å². The number of fused-ring (bicyclic) bond motifs is 1. The zero-order valence-electron chi connectivity index (χ0n) is 15.9. The van der Waals surface area contributed by atoms with E-state index in [0.29, 0.717) is 32.9 Å². The van der Waals surface area contributed by atoms with Crippen molar-refractivity contribution in [2.45, 2.75) is 52.7 Å². The zero-order chi connectivity index (χ0) is 20.4. The molecule has 2 aromatic rings. The number of hydrogen-bond donors (Lipinski definition) is 2. The van der Waals surface area contributed by atoms with Crippen LogP contribution in [0.25, 0.3) is 11.1 Å². The number of alkyl carbamates (subject to hydrolysis) is 1. The molecule has 2 heterocycles. The van der Waals surface area contributed by atoms with E-state index in [1.54, 1.807) is 26.8 Å². The van der Waals surface area contributed by atoms with Gasteiger partial charge in [-0.15, -0.1) is 0 Å². The van der Waals surface area contributed by atoms with Crippen LogP contribution in [-0.2, 0) is 16.0 Å².